The molecule has 0 saturated carbocycles. The van der Waals surface area contributed by atoms with Crippen LogP contribution in [0.5, 0.6) is 0 Å². The molecule has 5 nitrogen and oxygen atoms in total. The van der Waals surface area contributed by atoms with Gasteiger partial charge in [0.25, 0.3) is 0 Å². The van der Waals surface area contributed by atoms with Crippen molar-refractivity contribution in [2.24, 2.45) is 4.99 Å². The van der Waals surface area contributed by atoms with Crippen molar-refractivity contribution in [3.8, 4) is 0 Å². The van der Waals surface area contributed by atoms with Crippen LogP contribution in [-0.4, -0.2) is 37.5 Å². The van der Waals surface area contributed by atoms with E-state index in [4.69, 9.17) is 0 Å². The molecule has 0 aromatic heterocycles. The smallest absolute Gasteiger partial charge is 0.221 e. The van der Waals surface area contributed by atoms with Crippen molar-refractivity contribution in [3.05, 3.63) is 12.2 Å². The largest absolute Gasteiger partial charge is 0.357 e. The van der Waals surface area contributed by atoms with Gasteiger partial charge in [0, 0.05) is 25.6 Å². The van der Waals surface area contributed by atoms with Gasteiger partial charge in [-0.05, 0) is 26.2 Å². The molecule has 0 saturated heterocycles. The Balaban J connectivity index is 0.00000361. The maximum atomic E-state index is 11.5. The molecule has 1 rings (SSSR count). The predicted octanol–water partition coefficient (Wildman–Crippen LogP) is 1.79. The molecular weight excluding hydrogens is 367 g/mol. The third-order valence-electron chi connectivity index (χ3n) is 2.87. The molecule has 0 atom stereocenters. The lowest BCUT2D eigenvalue weighted by atomic mass is 10.2. The van der Waals surface area contributed by atoms with E-state index in [-0.39, 0.29) is 29.9 Å². The number of halogens is 1. The maximum absolute atomic E-state index is 11.5. The molecule has 0 unspecified atom stereocenters. The zero-order valence-electron chi connectivity index (χ0n) is 12.4. The highest BCUT2D eigenvalue weighted by Crippen LogP contribution is 2.08. The number of aliphatic imine (C=N–C) groups is 1. The minimum absolute atomic E-state index is 0. The molecule has 116 valence electrons. The number of carbonyl (C=O) groups excluding carboxylic acids is 1. The summed E-state index contributed by atoms with van der Waals surface area (Å²) in [6, 6.07) is 0.437. The van der Waals surface area contributed by atoms with Crippen LogP contribution in [0.2, 0.25) is 0 Å². The molecule has 0 aromatic rings. The van der Waals surface area contributed by atoms with E-state index in [9.17, 15) is 4.79 Å². The zero-order chi connectivity index (χ0) is 13.9. The van der Waals surface area contributed by atoms with Crippen molar-refractivity contribution in [2.45, 2.75) is 45.6 Å². The average molecular weight is 394 g/mol. The Morgan fingerprint density at radius 2 is 1.95 bits per heavy atom. The second-order valence-electron chi connectivity index (χ2n) is 4.64. The summed E-state index contributed by atoms with van der Waals surface area (Å²) in [5.74, 6) is 0.878. The first kappa shape index (κ1) is 19.2. The number of nitrogens with one attached hydrogen (secondary N) is 3. The van der Waals surface area contributed by atoms with Gasteiger partial charge in [-0.2, -0.15) is 0 Å². The molecule has 3 N–H and O–H groups in total. The molecule has 1 amide bonds. The molecule has 0 heterocycles. The summed E-state index contributed by atoms with van der Waals surface area (Å²) in [5, 5.41) is 9.44. The lowest BCUT2D eigenvalue weighted by Gasteiger charge is -2.16. The van der Waals surface area contributed by atoms with Crippen LogP contribution in [0.4, 0.5) is 0 Å². The Labute approximate surface area is 139 Å². The Morgan fingerprint density at radius 1 is 1.25 bits per heavy atom. The van der Waals surface area contributed by atoms with Crippen LogP contribution in [0.3, 0.4) is 0 Å². The summed E-state index contributed by atoms with van der Waals surface area (Å²) in [7, 11) is 0. The highest BCUT2D eigenvalue weighted by Gasteiger charge is 2.11. The Bertz CT molecular complexity index is 323. The minimum Gasteiger partial charge on any atom is -0.357 e. The van der Waals surface area contributed by atoms with E-state index in [0.29, 0.717) is 19.0 Å². The average Bonchev–Trinajstić information content (AvgIpc) is 2.89. The van der Waals surface area contributed by atoms with E-state index in [1.54, 1.807) is 0 Å². The highest BCUT2D eigenvalue weighted by atomic mass is 127. The monoisotopic (exact) mass is 394 g/mol. The van der Waals surface area contributed by atoms with Gasteiger partial charge in [-0.15, -0.1) is 24.0 Å². The molecule has 1 aliphatic rings. The van der Waals surface area contributed by atoms with Crippen LogP contribution >= 0.6 is 24.0 Å². The van der Waals surface area contributed by atoms with Gasteiger partial charge in [0.05, 0.1) is 6.54 Å². The van der Waals surface area contributed by atoms with E-state index in [2.05, 4.69) is 33.1 Å². The van der Waals surface area contributed by atoms with Crippen molar-refractivity contribution >= 4 is 35.8 Å². The molecule has 1 aliphatic carbocycles. The molecule has 0 spiro atoms. The van der Waals surface area contributed by atoms with Gasteiger partial charge in [0.2, 0.25) is 5.91 Å². The van der Waals surface area contributed by atoms with Crippen molar-refractivity contribution in [2.75, 3.05) is 19.6 Å². The fourth-order valence-corrected chi connectivity index (χ4v) is 1.87. The van der Waals surface area contributed by atoms with Crippen molar-refractivity contribution < 1.29 is 4.79 Å². The first-order valence-electron chi connectivity index (χ1n) is 7.22. The fraction of sp³-hybridized carbons (Fsp3) is 0.714. The second kappa shape index (κ2) is 12.0. The van der Waals surface area contributed by atoms with Gasteiger partial charge in [-0.1, -0.05) is 19.1 Å². The number of guanidine groups is 1. The van der Waals surface area contributed by atoms with Crippen LogP contribution < -0.4 is 16.0 Å². The van der Waals surface area contributed by atoms with Crippen molar-refractivity contribution in [1.29, 1.82) is 0 Å². The number of nitrogens with zero attached hydrogens (tertiary/aromatic N) is 1. The molecule has 0 radical (unpaired) electrons. The summed E-state index contributed by atoms with van der Waals surface area (Å²) in [4.78, 5) is 15.9. The summed E-state index contributed by atoms with van der Waals surface area (Å²) >= 11 is 0. The van der Waals surface area contributed by atoms with Gasteiger partial charge in [0.15, 0.2) is 5.96 Å². The molecule has 0 fully saturated rings. The molecule has 0 aliphatic heterocycles. The van der Waals surface area contributed by atoms with Gasteiger partial charge < -0.3 is 16.0 Å². The third kappa shape index (κ3) is 8.39. The van der Waals surface area contributed by atoms with Crippen molar-refractivity contribution in [1.82, 2.24) is 16.0 Å². The van der Waals surface area contributed by atoms with Crippen LogP contribution in [0.1, 0.15) is 39.5 Å². The Kier molecular flexibility index (Phi) is 11.5. The van der Waals surface area contributed by atoms with Crippen LogP contribution in [-0.2, 0) is 4.79 Å². The highest BCUT2D eigenvalue weighted by molar-refractivity contribution is 14.0. The van der Waals surface area contributed by atoms with Gasteiger partial charge in [-0.3, -0.25) is 9.79 Å². The number of hydrogen-bond donors (Lipinski definition) is 3. The Morgan fingerprint density at radius 3 is 2.55 bits per heavy atom. The predicted molar refractivity (Wildman–Crippen MR) is 94.6 cm³/mol. The molecule has 0 aromatic carbocycles. The normalized spacial score (nSPS) is 14.8. The topological polar surface area (TPSA) is 65.5 Å². The van der Waals surface area contributed by atoms with Gasteiger partial charge >= 0.3 is 0 Å². The number of carbonyl (C=O) groups is 1. The zero-order valence-corrected chi connectivity index (χ0v) is 14.8. The minimum atomic E-state index is 0. The number of rotatable bonds is 7. The summed E-state index contributed by atoms with van der Waals surface area (Å²) in [6.45, 7) is 6.17. The third-order valence-corrected chi connectivity index (χ3v) is 2.87. The van der Waals surface area contributed by atoms with Crippen molar-refractivity contribution in [3.63, 3.8) is 0 Å². The van der Waals surface area contributed by atoms with E-state index >= 15 is 0 Å². The fourth-order valence-electron chi connectivity index (χ4n) is 1.87. The lowest BCUT2D eigenvalue weighted by Crippen LogP contribution is -2.42. The number of amides is 1. The molecule has 20 heavy (non-hydrogen) atoms. The first-order chi connectivity index (χ1) is 9.26. The first-order valence-corrected chi connectivity index (χ1v) is 7.22. The summed E-state index contributed by atoms with van der Waals surface area (Å²) < 4.78 is 0. The lowest BCUT2D eigenvalue weighted by molar-refractivity contribution is -0.120. The summed E-state index contributed by atoms with van der Waals surface area (Å²) in [5.41, 5.74) is 0. The van der Waals surface area contributed by atoms with Crippen LogP contribution in [0.25, 0.3) is 0 Å². The Hall–Kier alpha value is -0.790. The van der Waals surface area contributed by atoms with Gasteiger partial charge in [0.1, 0.15) is 0 Å². The second-order valence-corrected chi connectivity index (χ2v) is 4.64. The van der Waals surface area contributed by atoms with E-state index in [1.165, 1.54) is 0 Å². The van der Waals surface area contributed by atoms with E-state index in [1.807, 2.05) is 13.8 Å². The molecule has 0 bridgehead atoms. The maximum Gasteiger partial charge on any atom is 0.221 e. The SMILES string of the molecule is CCCNC(=O)CCN=C(NCC)NC1CC=CC1.I. The van der Waals surface area contributed by atoms with Crippen LogP contribution in [0, 0.1) is 0 Å². The van der Waals surface area contributed by atoms with Gasteiger partial charge in [-0.25, -0.2) is 0 Å². The molecular formula is C14H27IN4O. The van der Waals surface area contributed by atoms with E-state index in [0.717, 1.165) is 38.3 Å². The summed E-state index contributed by atoms with van der Waals surface area (Å²) in [6.07, 6.45) is 7.86. The number of hydrogen-bond acceptors (Lipinski definition) is 2. The van der Waals surface area contributed by atoms with Crippen LogP contribution in [0.15, 0.2) is 17.1 Å². The standard InChI is InChI=1S/C14H26N4O.HI/c1-3-10-16-13(19)9-11-17-14(15-4-2)18-12-7-5-6-8-12;/h5-6,12H,3-4,7-11H2,1-2H3,(H,16,19)(H2,15,17,18);1H. The quantitative estimate of drug-likeness (QED) is 0.267. The molecule has 6 heteroatoms. The van der Waals surface area contributed by atoms with E-state index < -0.39 is 0 Å².